The Kier molecular flexibility index (Phi) is 4.96. The molecule has 8 heteroatoms. The minimum Gasteiger partial charge on any atom is -0.496 e. The Morgan fingerprint density at radius 3 is 2.42 bits per heavy atom. The van der Waals surface area contributed by atoms with Crippen LogP contribution in [-0.2, 0) is 10.0 Å². The Morgan fingerprint density at radius 1 is 1.19 bits per heavy atom. The van der Waals surface area contributed by atoms with E-state index in [9.17, 15) is 13.2 Å². The smallest absolute Gasteiger partial charge is 0.255 e. The molecule has 0 aliphatic heterocycles. The Labute approximate surface area is 157 Å². The summed E-state index contributed by atoms with van der Waals surface area (Å²) in [5.41, 5.74) is 1.33. The fourth-order valence-corrected chi connectivity index (χ4v) is 3.85. The van der Waals surface area contributed by atoms with Gasteiger partial charge in [-0.25, -0.2) is 13.6 Å². The lowest BCUT2D eigenvalue weighted by atomic mass is 10.1. The maximum Gasteiger partial charge on any atom is 0.255 e. The molecule has 26 heavy (non-hydrogen) atoms. The summed E-state index contributed by atoms with van der Waals surface area (Å²) in [6.45, 7) is 2.03. The topological polar surface area (TPSA) is 98.5 Å². The first kappa shape index (κ1) is 18.7. The van der Waals surface area contributed by atoms with E-state index < -0.39 is 10.0 Å². The maximum atomic E-state index is 12.6. The Hall–Kier alpha value is -2.09. The number of nitrogens with two attached hydrogens (primary N) is 1. The van der Waals surface area contributed by atoms with Crippen LogP contribution in [-0.4, -0.2) is 27.5 Å². The zero-order valence-electron chi connectivity index (χ0n) is 14.3. The van der Waals surface area contributed by atoms with Crippen LogP contribution < -0.4 is 15.2 Å². The van der Waals surface area contributed by atoms with Gasteiger partial charge in [0.1, 0.15) is 5.75 Å². The molecule has 138 valence electrons. The van der Waals surface area contributed by atoms with Crippen LogP contribution >= 0.6 is 11.6 Å². The second-order valence-corrected chi connectivity index (χ2v) is 8.34. The Morgan fingerprint density at radius 2 is 1.85 bits per heavy atom. The highest BCUT2D eigenvalue weighted by Crippen LogP contribution is 2.47. The number of methoxy groups -OCH3 is 1. The van der Waals surface area contributed by atoms with Crippen LogP contribution in [0.2, 0.25) is 5.02 Å². The van der Waals surface area contributed by atoms with E-state index in [2.05, 4.69) is 5.32 Å². The van der Waals surface area contributed by atoms with E-state index in [1.54, 1.807) is 30.3 Å². The second-order valence-electron chi connectivity index (χ2n) is 6.34. The highest BCUT2D eigenvalue weighted by Gasteiger charge is 2.48. The average Bonchev–Trinajstić information content (AvgIpc) is 3.23. The largest absolute Gasteiger partial charge is 0.496 e. The van der Waals surface area contributed by atoms with Crippen LogP contribution in [0.1, 0.15) is 28.8 Å². The molecular weight excluding hydrogens is 376 g/mol. The lowest BCUT2D eigenvalue weighted by Gasteiger charge is -2.10. The van der Waals surface area contributed by atoms with Crippen LogP contribution in [0.15, 0.2) is 47.4 Å². The standard InChI is InChI=1S/C18H19ClN2O4S/c1-10-16(11-3-6-13(7-4-11)26(20,23)24)17(10)21-18(22)14-9-12(19)5-8-15(14)25-2/h3-10,16-17H,1-2H3,(H,21,22)(H2,20,23,24)/t10-,16+,17-/m1/s1. The molecule has 2 aromatic rings. The highest BCUT2D eigenvalue weighted by atomic mass is 35.5. The highest BCUT2D eigenvalue weighted by molar-refractivity contribution is 7.89. The average molecular weight is 395 g/mol. The molecule has 3 rings (SSSR count). The summed E-state index contributed by atoms with van der Waals surface area (Å²) in [7, 11) is -2.22. The molecule has 3 atom stereocenters. The van der Waals surface area contributed by atoms with Crippen molar-refractivity contribution in [3.05, 3.63) is 58.6 Å². The van der Waals surface area contributed by atoms with Crippen LogP contribution in [0.4, 0.5) is 0 Å². The van der Waals surface area contributed by atoms with E-state index in [4.69, 9.17) is 21.5 Å². The first-order valence-corrected chi connectivity index (χ1v) is 9.92. The summed E-state index contributed by atoms with van der Waals surface area (Å²) in [6, 6.07) is 11.2. The first-order valence-electron chi connectivity index (χ1n) is 7.99. The van der Waals surface area contributed by atoms with Crippen molar-refractivity contribution < 1.29 is 17.9 Å². The molecule has 0 saturated heterocycles. The van der Waals surface area contributed by atoms with Crippen molar-refractivity contribution >= 4 is 27.5 Å². The van der Waals surface area contributed by atoms with E-state index in [1.807, 2.05) is 6.92 Å². The van der Waals surface area contributed by atoms with E-state index in [0.717, 1.165) is 5.56 Å². The summed E-state index contributed by atoms with van der Waals surface area (Å²) < 4.78 is 27.9. The third kappa shape index (κ3) is 3.70. The van der Waals surface area contributed by atoms with Crippen molar-refractivity contribution in [2.45, 2.75) is 23.8 Å². The van der Waals surface area contributed by atoms with Gasteiger partial charge in [0.2, 0.25) is 10.0 Å². The number of carbonyl (C=O) groups is 1. The quantitative estimate of drug-likeness (QED) is 0.813. The molecule has 0 spiro atoms. The predicted molar refractivity (Wildman–Crippen MR) is 99.0 cm³/mol. The van der Waals surface area contributed by atoms with Gasteiger partial charge >= 0.3 is 0 Å². The van der Waals surface area contributed by atoms with Gasteiger partial charge in [0.05, 0.1) is 17.6 Å². The Balaban J connectivity index is 1.74. The summed E-state index contributed by atoms with van der Waals surface area (Å²) in [4.78, 5) is 12.7. The molecule has 0 radical (unpaired) electrons. The predicted octanol–water partition coefficient (Wildman–Crippen LogP) is 2.53. The van der Waals surface area contributed by atoms with Crippen LogP contribution in [0.5, 0.6) is 5.75 Å². The molecule has 3 N–H and O–H groups in total. The molecule has 0 heterocycles. The van der Waals surface area contributed by atoms with Gasteiger partial charge in [0.25, 0.3) is 5.91 Å². The molecule has 0 aromatic heterocycles. The van der Waals surface area contributed by atoms with Gasteiger partial charge in [-0.3, -0.25) is 4.79 Å². The number of ether oxygens (including phenoxy) is 1. The van der Waals surface area contributed by atoms with Gasteiger partial charge in [-0.05, 0) is 41.8 Å². The van der Waals surface area contributed by atoms with Crippen molar-refractivity contribution in [3.63, 3.8) is 0 Å². The van der Waals surface area contributed by atoms with Gasteiger partial charge in [0.15, 0.2) is 0 Å². The number of hydrogen-bond acceptors (Lipinski definition) is 4. The fraction of sp³-hybridized carbons (Fsp3) is 0.278. The third-order valence-electron chi connectivity index (χ3n) is 4.68. The normalized spacial score (nSPS) is 21.9. The van der Waals surface area contributed by atoms with Gasteiger partial charge in [-0.15, -0.1) is 0 Å². The van der Waals surface area contributed by atoms with E-state index in [1.165, 1.54) is 19.2 Å². The van der Waals surface area contributed by atoms with Crippen LogP contribution in [0.25, 0.3) is 0 Å². The maximum absolute atomic E-state index is 12.6. The number of rotatable bonds is 5. The fourth-order valence-electron chi connectivity index (χ4n) is 3.16. The zero-order valence-corrected chi connectivity index (χ0v) is 15.8. The van der Waals surface area contributed by atoms with Crippen molar-refractivity contribution in [3.8, 4) is 5.75 Å². The summed E-state index contributed by atoms with van der Waals surface area (Å²) in [5.74, 6) is 0.530. The molecule has 1 amide bonds. The van der Waals surface area contributed by atoms with Crippen molar-refractivity contribution in [2.24, 2.45) is 11.1 Å². The lowest BCUT2D eigenvalue weighted by molar-refractivity contribution is 0.0945. The van der Waals surface area contributed by atoms with Crippen LogP contribution in [0.3, 0.4) is 0 Å². The van der Waals surface area contributed by atoms with E-state index in [-0.39, 0.29) is 28.7 Å². The summed E-state index contributed by atoms with van der Waals surface area (Å²) in [6.07, 6.45) is 0. The molecule has 0 unspecified atom stereocenters. The third-order valence-corrected chi connectivity index (χ3v) is 5.84. The number of amides is 1. The number of halogens is 1. The lowest BCUT2D eigenvalue weighted by Crippen LogP contribution is -2.27. The number of sulfonamides is 1. The van der Waals surface area contributed by atoms with Crippen molar-refractivity contribution in [1.29, 1.82) is 0 Å². The number of hydrogen-bond donors (Lipinski definition) is 2. The number of primary sulfonamides is 1. The van der Waals surface area contributed by atoms with Crippen LogP contribution in [0, 0.1) is 5.92 Å². The minimum absolute atomic E-state index is 0.0495. The minimum atomic E-state index is -3.71. The first-order chi connectivity index (χ1) is 12.2. The summed E-state index contributed by atoms with van der Waals surface area (Å²) in [5, 5.41) is 8.56. The van der Waals surface area contributed by atoms with E-state index >= 15 is 0 Å². The molecule has 1 fully saturated rings. The van der Waals surface area contributed by atoms with Crippen molar-refractivity contribution in [1.82, 2.24) is 5.32 Å². The van der Waals surface area contributed by atoms with Gasteiger partial charge in [0, 0.05) is 17.0 Å². The van der Waals surface area contributed by atoms with Crippen molar-refractivity contribution in [2.75, 3.05) is 7.11 Å². The zero-order chi connectivity index (χ0) is 19.1. The molecule has 2 aromatic carbocycles. The molecule has 1 aliphatic rings. The SMILES string of the molecule is COc1ccc(Cl)cc1C(=O)N[C@@H]1[C@H](C)[C@H]1c1ccc(S(N)(=O)=O)cc1. The monoisotopic (exact) mass is 394 g/mol. The Bertz CT molecular complexity index is 944. The number of nitrogens with one attached hydrogen (secondary N) is 1. The summed E-state index contributed by atoms with van der Waals surface area (Å²) >= 11 is 5.98. The molecule has 1 saturated carbocycles. The molecule has 0 bridgehead atoms. The number of carbonyl (C=O) groups excluding carboxylic acids is 1. The number of benzene rings is 2. The van der Waals surface area contributed by atoms with Gasteiger partial charge in [-0.2, -0.15) is 0 Å². The van der Waals surface area contributed by atoms with E-state index in [0.29, 0.717) is 16.3 Å². The van der Waals surface area contributed by atoms with Gasteiger partial charge < -0.3 is 10.1 Å². The van der Waals surface area contributed by atoms with Gasteiger partial charge in [-0.1, -0.05) is 30.7 Å². The molecule has 1 aliphatic carbocycles. The molecular formula is C18H19ClN2O4S. The molecule has 6 nitrogen and oxygen atoms in total. The second kappa shape index (κ2) is 6.90.